The Balaban J connectivity index is 1.65. The van der Waals surface area contributed by atoms with E-state index in [1.807, 2.05) is 12.1 Å². The number of nitrogens with zero attached hydrogens (tertiary/aromatic N) is 3. The summed E-state index contributed by atoms with van der Waals surface area (Å²) in [6, 6.07) is 8.77. The van der Waals surface area contributed by atoms with Crippen LogP contribution >= 0.6 is 0 Å². The summed E-state index contributed by atoms with van der Waals surface area (Å²) in [6.07, 6.45) is 6.44. The molecule has 0 spiro atoms. The van der Waals surface area contributed by atoms with E-state index in [2.05, 4.69) is 47.6 Å². The number of rotatable bonds is 7. The van der Waals surface area contributed by atoms with Crippen molar-refractivity contribution >= 4 is 12.0 Å². The number of hydroxylamine groups is 1. The van der Waals surface area contributed by atoms with Crippen LogP contribution in [0.2, 0.25) is 0 Å². The van der Waals surface area contributed by atoms with Gasteiger partial charge in [-0.3, -0.25) is 19.6 Å². The molecule has 1 aliphatic rings. The van der Waals surface area contributed by atoms with Crippen molar-refractivity contribution in [2.75, 3.05) is 13.1 Å². The van der Waals surface area contributed by atoms with Crippen LogP contribution in [0.25, 0.3) is 6.08 Å². The molecule has 1 atom stereocenters. The van der Waals surface area contributed by atoms with Crippen LogP contribution in [0, 0.1) is 13.8 Å². The Morgan fingerprint density at radius 1 is 1.32 bits per heavy atom. The fourth-order valence-electron chi connectivity index (χ4n) is 4.17. The largest absolute Gasteiger partial charge is 0.296 e. The number of aryl methyl sites for hydroxylation is 2. The molecular weight excluding hydrogens is 352 g/mol. The van der Waals surface area contributed by atoms with Gasteiger partial charge in [-0.15, -0.1) is 0 Å². The Kier molecular flexibility index (Phi) is 6.65. The summed E-state index contributed by atoms with van der Waals surface area (Å²) in [6.45, 7) is 9.50. The molecule has 2 heterocycles. The van der Waals surface area contributed by atoms with E-state index in [1.165, 1.54) is 35.7 Å². The van der Waals surface area contributed by atoms with E-state index in [4.69, 9.17) is 5.21 Å². The number of hydrogen-bond donors (Lipinski definition) is 2. The quantitative estimate of drug-likeness (QED) is 0.437. The molecule has 0 radical (unpaired) electrons. The molecular formula is C22H30N4O2. The van der Waals surface area contributed by atoms with Gasteiger partial charge in [-0.1, -0.05) is 24.3 Å². The van der Waals surface area contributed by atoms with Gasteiger partial charge < -0.3 is 0 Å². The highest BCUT2D eigenvalue weighted by Gasteiger charge is 2.26. The van der Waals surface area contributed by atoms with Crippen molar-refractivity contribution in [2.24, 2.45) is 0 Å². The number of carbonyl (C=O) groups excluding carboxylic acids is 1. The van der Waals surface area contributed by atoms with Gasteiger partial charge in [0.15, 0.2) is 0 Å². The van der Waals surface area contributed by atoms with Gasteiger partial charge in [0.1, 0.15) is 0 Å². The number of aromatic nitrogens is 2. The first-order valence-corrected chi connectivity index (χ1v) is 10.0. The number of benzene rings is 1. The van der Waals surface area contributed by atoms with Crippen molar-refractivity contribution in [1.29, 1.82) is 0 Å². The zero-order chi connectivity index (χ0) is 20.1. The maximum atomic E-state index is 11.1. The second-order valence-electron chi connectivity index (χ2n) is 7.39. The summed E-state index contributed by atoms with van der Waals surface area (Å²) < 4.78 is 2.09. The average Bonchev–Trinajstić information content (AvgIpc) is 3.29. The molecule has 28 heavy (non-hydrogen) atoms. The third-order valence-electron chi connectivity index (χ3n) is 5.70. The van der Waals surface area contributed by atoms with Crippen molar-refractivity contribution in [3.63, 3.8) is 0 Å². The summed E-state index contributed by atoms with van der Waals surface area (Å²) in [4.78, 5) is 13.7. The maximum Gasteiger partial charge on any atom is 0.267 e. The zero-order valence-corrected chi connectivity index (χ0v) is 17.0. The van der Waals surface area contributed by atoms with Crippen LogP contribution < -0.4 is 5.48 Å². The second kappa shape index (κ2) is 9.17. The highest BCUT2D eigenvalue weighted by atomic mass is 16.5. The normalized spacial score (nSPS) is 17.5. The summed E-state index contributed by atoms with van der Waals surface area (Å²) >= 11 is 0. The number of likely N-dealkylation sites (tertiary alicyclic amines) is 1. The molecule has 1 aromatic heterocycles. The van der Waals surface area contributed by atoms with Gasteiger partial charge in [0.2, 0.25) is 0 Å². The lowest BCUT2D eigenvalue weighted by Crippen LogP contribution is -2.26. The predicted molar refractivity (Wildman–Crippen MR) is 110 cm³/mol. The summed E-state index contributed by atoms with van der Waals surface area (Å²) in [5, 5.41) is 13.2. The van der Waals surface area contributed by atoms with Gasteiger partial charge in [-0.2, -0.15) is 5.10 Å². The van der Waals surface area contributed by atoms with Crippen LogP contribution in [0.5, 0.6) is 0 Å². The number of hydrogen-bond acceptors (Lipinski definition) is 4. The molecule has 0 bridgehead atoms. The zero-order valence-electron chi connectivity index (χ0n) is 17.0. The molecule has 1 aromatic carbocycles. The van der Waals surface area contributed by atoms with Gasteiger partial charge in [0.25, 0.3) is 5.91 Å². The lowest BCUT2D eigenvalue weighted by Gasteiger charge is -2.25. The van der Waals surface area contributed by atoms with Crippen molar-refractivity contribution in [1.82, 2.24) is 20.2 Å². The summed E-state index contributed by atoms with van der Waals surface area (Å²) in [5.74, 6) is -0.525. The first kappa shape index (κ1) is 20.3. The molecule has 2 N–H and O–H groups in total. The highest BCUT2D eigenvalue weighted by molar-refractivity contribution is 5.90. The van der Waals surface area contributed by atoms with Crippen molar-refractivity contribution < 1.29 is 10.0 Å². The molecule has 1 fully saturated rings. The second-order valence-corrected chi connectivity index (χ2v) is 7.39. The topological polar surface area (TPSA) is 70.4 Å². The van der Waals surface area contributed by atoms with E-state index in [1.54, 1.807) is 11.6 Å². The minimum atomic E-state index is -0.525. The van der Waals surface area contributed by atoms with E-state index < -0.39 is 5.91 Å². The smallest absolute Gasteiger partial charge is 0.267 e. The average molecular weight is 383 g/mol. The molecule has 150 valence electrons. The van der Waals surface area contributed by atoms with Crippen molar-refractivity contribution in [3.05, 3.63) is 58.4 Å². The Hall–Kier alpha value is -2.44. The Morgan fingerprint density at radius 2 is 2.07 bits per heavy atom. The SMILES string of the molecule is CCn1nc(C)c(CCN2CCC[C@H]2c2ccc(C=CC(=O)NO)cc2)c1C. The number of carbonyl (C=O) groups is 1. The molecule has 1 amide bonds. The molecule has 0 unspecified atom stereocenters. The molecule has 6 heteroatoms. The molecule has 0 saturated carbocycles. The number of nitrogens with one attached hydrogen (secondary N) is 1. The van der Waals surface area contributed by atoms with Crippen LogP contribution in [0.15, 0.2) is 30.3 Å². The lowest BCUT2D eigenvalue weighted by atomic mass is 10.0. The van der Waals surface area contributed by atoms with Crippen molar-refractivity contribution in [2.45, 2.75) is 52.6 Å². The molecule has 1 saturated heterocycles. The van der Waals surface area contributed by atoms with Crippen LogP contribution in [-0.4, -0.2) is 38.9 Å². The molecule has 2 aromatic rings. The number of amides is 1. The highest BCUT2D eigenvalue weighted by Crippen LogP contribution is 2.32. The molecule has 6 nitrogen and oxygen atoms in total. The standard InChI is InChI=1S/C22H30N4O2/c1-4-26-17(3)20(16(2)23-26)13-15-25-14-5-6-21(25)19-10-7-18(8-11-19)9-12-22(27)24-28/h7-12,21,28H,4-6,13-15H2,1-3H3,(H,24,27)/t21-/m0/s1. The Labute approximate surface area is 166 Å². The predicted octanol–water partition coefficient (Wildman–Crippen LogP) is 3.42. The summed E-state index contributed by atoms with van der Waals surface area (Å²) in [7, 11) is 0. The maximum absolute atomic E-state index is 11.1. The molecule has 3 rings (SSSR count). The Bertz CT molecular complexity index is 839. The van der Waals surface area contributed by atoms with Gasteiger partial charge in [0, 0.05) is 30.9 Å². The van der Waals surface area contributed by atoms with Crippen LogP contribution in [0.4, 0.5) is 0 Å². The fraction of sp³-hybridized carbons (Fsp3) is 0.455. The van der Waals surface area contributed by atoms with Gasteiger partial charge in [-0.25, -0.2) is 5.48 Å². The first-order valence-electron chi connectivity index (χ1n) is 10.0. The first-order chi connectivity index (χ1) is 13.5. The summed E-state index contributed by atoms with van der Waals surface area (Å²) in [5.41, 5.74) is 7.68. The van der Waals surface area contributed by atoms with E-state index >= 15 is 0 Å². The van der Waals surface area contributed by atoms with Crippen LogP contribution in [0.3, 0.4) is 0 Å². The van der Waals surface area contributed by atoms with Crippen LogP contribution in [-0.2, 0) is 17.8 Å². The van der Waals surface area contributed by atoms with E-state index in [-0.39, 0.29) is 0 Å². The van der Waals surface area contributed by atoms with E-state index in [0.717, 1.165) is 37.3 Å². The fourth-order valence-corrected chi connectivity index (χ4v) is 4.17. The minimum absolute atomic E-state index is 0.445. The third kappa shape index (κ3) is 4.51. The van der Waals surface area contributed by atoms with Gasteiger partial charge >= 0.3 is 0 Å². The third-order valence-corrected chi connectivity index (χ3v) is 5.70. The Morgan fingerprint density at radius 3 is 2.71 bits per heavy atom. The molecule has 1 aliphatic heterocycles. The van der Waals surface area contributed by atoms with Crippen molar-refractivity contribution in [3.8, 4) is 0 Å². The van der Waals surface area contributed by atoms with Gasteiger partial charge in [0.05, 0.1) is 5.69 Å². The minimum Gasteiger partial charge on any atom is -0.296 e. The lowest BCUT2D eigenvalue weighted by molar-refractivity contribution is -0.124. The van der Waals surface area contributed by atoms with E-state index in [9.17, 15) is 4.79 Å². The van der Waals surface area contributed by atoms with Gasteiger partial charge in [-0.05, 0) is 69.3 Å². The monoisotopic (exact) mass is 382 g/mol. The van der Waals surface area contributed by atoms with E-state index in [0.29, 0.717) is 6.04 Å². The van der Waals surface area contributed by atoms with Crippen LogP contribution in [0.1, 0.15) is 53.9 Å². The molecule has 0 aliphatic carbocycles.